The van der Waals surface area contributed by atoms with Crippen molar-refractivity contribution in [3.63, 3.8) is 0 Å². The summed E-state index contributed by atoms with van der Waals surface area (Å²) in [5, 5.41) is 15.2. The summed E-state index contributed by atoms with van der Waals surface area (Å²) in [7, 11) is 1.21. The molecule has 132 valence electrons. The fourth-order valence-electron chi connectivity index (χ4n) is 2.17. The fourth-order valence-corrected chi connectivity index (χ4v) is 2.17. The van der Waals surface area contributed by atoms with Crippen LogP contribution in [-0.2, 0) is 16.0 Å². The van der Waals surface area contributed by atoms with Gasteiger partial charge in [-0.3, -0.25) is 4.79 Å². The first-order valence-corrected chi connectivity index (χ1v) is 7.61. The lowest BCUT2D eigenvalue weighted by molar-refractivity contribution is -0.123. The average Bonchev–Trinajstić information content (AvgIpc) is 2.58. The summed E-state index contributed by atoms with van der Waals surface area (Å²) in [5.74, 6) is -0.485. The van der Waals surface area contributed by atoms with Crippen LogP contribution in [0.15, 0.2) is 42.5 Å². The van der Waals surface area contributed by atoms with E-state index in [4.69, 9.17) is 5.73 Å². The minimum absolute atomic E-state index is 0.0000510. The molecular formula is C17H25N3O4. The van der Waals surface area contributed by atoms with E-state index in [0.29, 0.717) is 12.0 Å². The van der Waals surface area contributed by atoms with Crippen LogP contribution in [0.3, 0.4) is 0 Å². The third-order valence-electron chi connectivity index (χ3n) is 3.53. The molecule has 5 N–H and O–H groups in total. The molecular weight excluding hydrogens is 310 g/mol. The Morgan fingerprint density at radius 3 is 2.42 bits per heavy atom. The van der Waals surface area contributed by atoms with Crippen LogP contribution in [0.1, 0.15) is 12.5 Å². The summed E-state index contributed by atoms with van der Waals surface area (Å²) >= 11 is 0. The van der Waals surface area contributed by atoms with Crippen LogP contribution in [0.2, 0.25) is 0 Å². The number of nitrogens with one attached hydrogen (secondary N) is 2. The van der Waals surface area contributed by atoms with Crippen molar-refractivity contribution in [3.8, 4) is 0 Å². The summed E-state index contributed by atoms with van der Waals surface area (Å²) in [4.78, 5) is 23.8. The number of nitrogens with two attached hydrogens (primary N) is 1. The fraction of sp³-hybridized carbons (Fsp3) is 0.412. The lowest BCUT2D eigenvalue weighted by Gasteiger charge is -2.26. The minimum Gasteiger partial charge on any atom is -0.453 e. The molecule has 0 spiro atoms. The van der Waals surface area contributed by atoms with E-state index in [-0.39, 0.29) is 6.54 Å². The Morgan fingerprint density at radius 2 is 1.92 bits per heavy atom. The van der Waals surface area contributed by atoms with E-state index in [2.05, 4.69) is 21.9 Å². The van der Waals surface area contributed by atoms with Crippen molar-refractivity contribution in [3.05, 3.63) is 48.0 Å². The standard InChI is InChI=1S/C17H25N3O4/c1-11(2)15(20-17(23)24-3)16(22)19-13(14(21)10-18)9-12-7-5-4-6-8-12/h4-8,13-15,21H,1,9-10,18H2,2-3H3,(H,19,22)(H,20,23)/t13?,14?,15-/m0/s1. The summed E-state index contributed by atoms with van der Waals surface area (Å²) < 4.78 is 4.51. The zero-order valence-electron chi connectivity index (χ0n) is 14.0. The molecule has 2 amide bonds. The number of aliphatic hydroxyl groups excluding tert-OH is 1. The first kappa shape index (κ1) is 19.7. The molecule has 0 aliphatic rings. The van der Waals surface area contributed by atoms with E-state index in [9.17, 15) is 14.7 Å². The van der Waals surface area contributed by atoms with Gasteiger partial charge in [0.05, 0.1) is 19.3 Å². The molecule has 0 aromatic heterocycles. The Balaban J connectivity index is 2.85. The average molecular weight is 335 g/mol. The molecule has 0 aliphatic heterocycles. The number of rotatable bonds is 8. The second-order valence-electron chi connectivity index (χ2n) is 5.52. The Morgan fingerprint density at radius 1 is 1.29 bits per heavy atom. The quantitative estimate of drug-likeness (QED) is 0.511. The van der Waals surface area contributed by atoms with Crippen LogP contribution in [0.4, 0.5) is 4.79 Å². The Labute approximate surface area is 141 Å². The van der Waals surface area contributed by atoms with Crippen LogP contribution in [0, 0.1) is 0 Å². The predicted molar refractivity (Wildman–Crippen MR) is 91.3 cm³/mol. The highest BCUT2D eigenvalue weighted by molar-refractivity contribution is 5.88. The normalized spacial score (nSPS) is 14.2. The van der Waals surface area contributed by atoms with E-state index in [1.165, 1.54) is 7.11 Å². The van der Waals surface area contributed by atoms with Crippen LogP contribution in [0.25, 0.3) is 0 Å². The van der Waals surface area contributed by atoms with Crippen LogP contribution in [-0.4, -0.2) is 48.9 Å². The number of carbonyl (C=O) groups excluding carboxylic acids is 2. The maximum Gasteiger partial charge on any atom is 0.407 e. The predicted octanol–water partition coefficient (Wildman–Crippen LogP) is 0.334. The van der Waals surface area contributed by atoms with Crippen molar-refractivity contribution >= 4 is 12.0 Å². The zero-order valence-corrected chi connectivity index (χ0v) is 14.0. The van der Waals surface area contributed by atoms with Crippen molar-refractivity contribution in [2.75, 3.05) is 13.7 Å². The van der Waals surface area contributed by atoms with Crippen LogP contribution in [0.5, 0.6) is 0 Å². The molecule has 1 aromatic rings. The van der Waals surface area contributed by atoms with Gasteiger partial charge in [0.15, 0.2) is 0 Å². The van der Waals surface area contributed by atoms with Crippen molar-refractivity contribution in [1.29, 1.82) is 0 Å². The van der Waals surface area contributed by atoms with E-state index in [1.807, 2.05) is 30.3 Å². The Bertz CT molecular complexity index is 562. The van der Waals surface area contributed by atoms with Gasteiger partial charge in [0.2, 0.25) is 5.91 Å². The number of ether oxygens (including phenoxy) is 1. The summed E-state index contributed by atoms with van der Waals surface area (Å²) in [6.45, 7) is 5.32. The lowest BCUT2D eigenvalue weighted by Crippen LogP contribution is -2.54. The first-order valence-electron chi connectivity index (χ1n) is 7.61. The number of hydrogen-bond donors (Lipinski definition) is 4. The third-order valence-corrected chi connectivity index (χ3v) is 3.53. The number of benzene rings is 1. The number of hydrogen-bond acceptors (Lipinski definition) is 5. The van der Waals surface area contributed by atoms with Crippen molar-refractivity contribution in [2.45, 2.75) is 31.5 Å². The zero-order chi connectivity index (χ0) is 18.1. The highest BCUT2D eigenvalue weighted by Crippen LogP contribution is 2.08. The second-order valence-corrected chi connectivity index (χ2v) is 5.52. The van der Waals surface area contributed by atoms with Crippen LogP contribution >= 0.6 is 0 Å². The Kier molecular flexibility index (Phi) is 7.94. The van der Waals surface area contributed by atoms with Gasteiger partial charge in [-0.1, -0.05) is 36.9 Å². The number of amides is 2. The van der Waals surface area contributed by atoms with Crippen molar-refractivity contribution in [2.24, 2.45) is 5.73 Å². The topological polar surface area (TPSA) is 114 Å². The van der Waals surface area contributed by atoms with Gasteiger partial charge in [0.25, 0.3) is 0 Å². The van der Waals surface area contributed by atoms with E-state index in [0.717, 1.165) is 5.56 Å². The molecule has 1 aromatic carbocycles. The molecule has 0 radical (unpaired) electrons. The summed E-state index contributed by atoms with van der Waals surface area (Å²) in [6.07, 6.45) is -1.25. The highest BCUT2D eigenvalue weighted by atomic mass is 16.5. The largest absolute Gasteiger partial charge is 0.453 e. The van der Waals surface area contributed by atoms with Gasteiger partial charge in [-0.15, -0.1) is 0 Å². The molecule has 1 rings (SSSR count). The van der Waals surface area contributed by atoms with Gasteiger partial charge in [-0.2, -0.15) is 0 Å². The third kappa shape index (κ3) is 6.02. The van der Waals surface area contributed by atoms with Gasteiger partial charge in [-0.25, -0.2) is 4.79 Å². The van der Waals surface area contributed by atoms with Gasteiger partial charge in [0, 0.05) is 6.54 Å². The van der Waals surface area contributed by atoms with E-state index in [1.54, 1.807) is 6.92 Å². The van der Waals surface area contributed by atoms with Gasteiger partial charge in [0.1, 0.15) is 6.04 Å². The Hall–Kier alpha value is -2.38. The maximum absolute atomic E-state index is 12.5. The van der Waals surface area contributed by atoms with E-state index >= 15 is 0 Å². The van der Waals surface area contributed by atoms with Crippen molar-refractivity contribution in [1.82, 2.24) is 10.6 Å². The monoisotopic (exact) mass is 335 g/mol. The van der Waals surface area contributed by atoms with Crippen molar-refractivity contribution < 1.29 is 19.4 Å². The lowest BCUT2D eigenvalue weighted by atomic mass is 10.00. The summed E-state index contributed by atoms with van der Waals surface area (Å²) in [5.41, 5.74) is 6.92. The van der Waals surface area contributed by atoms with Gasteiger partial charge >= 0.3 is 6.09 Å². The molecule has 0 saturated heterocycles. The number of carbonyl (C=O) groups is 2. The second kappa shape index (κ2) is 9.69. The minimum atomic E-state index is -0.958. The highest BCUT2D eigenvalue weighted by Gasteiger charge is 2.27. The first-order chi connectivity index (χ1) is 11.4. The molecule has 7 nitrogen and oxygen atoms in total. The van der Waals surface area contributed by atoms with E-state index < -0.39 is 30.2 Å². The molecule has 24 heavy (non-hydrogen) atoms. The van der Waals surface area contributed by atoms with Gasteiger partial charge in [-0.05, 0) is 24.5 Å². The number of methoxy groups -OCH3 is 1. The number of aliphatic hydroxyl groups is 1. The number of alkyl carbamates (subject to hydrolysis) is 1. The maximum atomic E-state index is 12.5. The molecule has 0 fully saturated rings. The molecule has 3 atom stereocenters. The summed E-state index contributed by atoms with van der Waals surface area (Å²) in [6, 6.07) is 7.87. The van der Waals surface area contributed by atoms with Gasteiger partial charge < -0.3 is 26.2 Å². The molecule has 0 heterocycles. The molecule has 0 aliphatic carbocycles. The van der Waals surface area contributed by atoms with Crippen LogP contribution < -0.4 is 16.4 Å². The molecule has 7 heteroatoms. The molecule has 0 bridgehead atoms. The molecule has 2 unspecified atom stereocenters. The smallest absolute Gasteiger partial charge is 0.407 e. The molecule has 0 saturated carbocycles. The SMILES string of the molecule is C=C(C)[C@H](NC(=O)OC)C(=O)NC(Cc1ccccc1)C(O)CN.